The smallest absolute Gasteiger partial charge is 0.454 e. The molecule has 1 saturated heterocycles. The minimum Gasteiger partial charge on any atom is -0.454 e. The minimum absolute atomic E-state index is 0.0869. The maximum atomic E-state index is 14.9. The first-order chi connectivity index (χ1) is 16.4. The molecule has 0 saturated carbocycles. The van der Waals surface area contributed by atoms with E-state index in [4.69, 9.17) is 4.74 Å². The van der Waals surface area contributed by atoms with Crippen LogP contribution in [-0.4, -0.2) is 44.4 Å². The molecule has 7 nitrogen and oxygen atoms in total. The number of hydrogen-bond acceptors (Lipinski definition) is 5. The number of amides is 1. The predicted octanol–water partition coefficient (Wildman–Crippen LogP) is 4.23. The molecule has 2 N–H and O–H groups in total. The summed E-state index contributed by atoms with van der Waals surface area (Å²) in [5, 5.41) is 3.11. The number of carbonyl (C=O) groups is 1. The van der Waals surface area contributed by atoms with Gasteiger partial charge in [-0.05, 0) is 54.8 Å². The van der Waals surface area contributed by atoms with Crippen LogP contribution in [0.1, 0.15) is 24.5 Å². The van der Waals surface area contributed by atoms with Crippen molar-refractivity contribution in [2.45, 2.75) is 31.3 Å². The Labute approximate surface area is 199 Å². The van der Waals surface area contributed by atoms with Crippen molar-refractivity contribution in [1.29, 1.82) is 0 Å². The van der Waals surface area contributed by atoms with Crippen LogP contribution in [0.2, 0.25) is 0 Å². The van der Waals surface area contributed by atoms with Crippen molar-refractivity contribution in [3.63, 3.8) is 0 Å². The third-order valence-corrected chi connectivity index (χ3v) is 7.17. The highest BCUT2D eigenvalue weighted by Crippen LogP contribution is 2.43. The summed E-state index contributed by atoms with van der Waals surface area (Å²) < 4.78 is 84.5. The summed E-state index contributed by atoms with van der Waals surface area (Å²) in [4.78, 5) is 13.9. The van der Waals surface area contributed by atoms with Crippen molar-refractivity contribution in [2.24, 2.45) is 5.92 Å². The van der Waals surface area contributed by atoms with Crippen molar-refractivity contribution in [3.05, 3.63) is 59.5 Å². The van der Waals surface area contributed by atoms with Gasteiger partial charge in [0.05, 0.1) is 6.04 Å². The van der Waals surface area contributed by atoms with Gasteiger partial charge in [-0.15, -0.1) is 0 Å². The van der Waals surface area contributed by atoms with Gasteiger partial charge in [-0.3, -0.25) is 9.52 Å². The Morgan fingerprint density at radius 2 is 1.94 bits per heavy atom. The Balaban J connectivity index is 1.83. The van der Waals surface area contributed by atoms with Crippen LogP contribution in [0, 0.1) is 11.7 Å². The van der Waals surface area contributed by atoms with E-state index < -0.39 is 27.4 Å². The lowest BCUT2D eigenvalue weighted by atomic mass is 9.84. The molecule has 0 aliphatic carbocycles. The Kier molecular flexibility index (Phi) is 6.54. The first kappa shape index (κ1) is 25.0. The average molecular weight is 514 g/mol. The minimum atomic E-state index is -5.67. The van der Waals surface area contributed by atoms with Gasteiger partial charge in [0.25, 0.3) is 0 Å². The third kappa shape index (κ3) is 4.72. The lowest BCUT2D eigenvalue weighted by Gasteiger charge is -2.32. The topological polar surface area (TPSA) is 87.7 Å². The number of benzene rings is 2. The number of sulfonamides is 1. The second kappa shape index (κ2) is 9.15. The highest BCUT2D eigenvalue weighted by molar-refractivity contribution is 7.93. The fraction of sp³-hybridized carbons (Fsp3) is 0.348. The number of hydrogen-bond donors (Lipinski definition) is 2. The SMILES string of the molecule is CCc1cccc(Oc2ccc(NS(=O)(=O)C(F)(F)F)cc2C2=CN(C)C(=O)C3NCCC23)c1F. The van der Waals surface area contributed by atoms with E-state index >= 15 is 0 Å². The molecule has 2 heterocycles. The Hall–Kier alpha value is -3.12. The van der Waals surface area contributed by atoms with Gasteiger partial charge >= 0.3 is 15.5 Å². The normalized spacial score (nSPS) is 20.5. The van der Waals surface area contributed by atoms with Crippen LogP contribution in [0.4, 0.5) is 23.2 Å². The van der Waals surface area contributed by atoms with E-state index in [9.17, 15) is 30.8 Å². The lowest BCUT2D eigenvalue weighted by Crippen LogP contribution is -2.46. The molecule has 2 unspecified atom stereocenters. The first-order valence-electron chi connectivity index (χ1n) is 10.8. The molecule has 2 atom stereocenters. The Morgan fingerprint density at radius 1 is 1.20 bits per heavy atom. The number of rotatable bonds is 6. The molecule has 35 heavy (non-hydrogen) atoms. The van der Waals surface area contributed by atoms with Gasteiger partial charge in [0.15, 0.2) is 11.6 Å². The van der Waals surface area contributed by atoms with Gasteiger partial charge < -0.3 is 15.0 Å². The molecular formula is C23H23F4N3O4S. The molecule has 188 valence electrons. The van der Waals surface area contributed by atoms with Crippen molar-refractivity contribution in [1.82, 2.24) is 10.2 Å². The summed E-state index contributed by atoms with van der Waals surface area (Å²) in [7, 11) is -4.13. The number of ether oxygens (including phenoxy) is 1. The van der Waals surface area contributed by atoms with Gasteiger partial charge in [-0.25, -0.2) is 4.39 Å². The number of anilines is 1. The van der Waals surface area contributed by atoms with Crippen molar-refractivity contribution in [3.8, 4) is 11.5 Å². The Morgan fingerprint density at radius 3 is 2.63 bits per heavy atom. The Bertz CT molecular complexity index is 1290. The third-order valence-electron chi connectivity index (χ3n) is 6.06. The molecule has 2 aromatic rings. The molecule has 2 aromatic carbocycles. The number of fused-ring (bicyclic) bond motifs is 1. The number of carbonyl (C=O) groups excluding carboxylic acids is 1. The van der Waals surface area contributed by atoms with E-state index in [1.54, 1.807) is 32.3 Å². The molecule has 0 aromatic heterocycles. The molecule has 4 rings (SSSR count). The fourth-order valence-corrected chi connectivity index (χ4v) is 4.86. The van der Waals surface area contributed by atoms with Crippen LogP contribution in [0.3, 0.4) is 0 Å². The van der Waals surface area contributed by atoms with Gasteiger partial charge in [0.2, 0.25) is 5.91 Å². The second-order valence-electron chi connectivity index (χ2n) is 8.31. The second-order valence-corrected chi connectivity index (χ2v) is 9.98. The molecule has 0 bridgehead atoms. The van der Waals surface area contributed by atoms with Gasteiger partial charge in [0.1, 0.15) is 5.75 Å². The summed E-state index contributed by atoms with van der Waals surface area (Å²) in [5.41, 5.74) is -4.65. The number of aryl methyl sites for hydroxylation is 1. The zero-order valence-corrected chi connectivity index (χ0v) is 19.6. The standard InChI is InChI=1S/C23H23F4N3O4S/c1-3-13-5-4-6-19(20(13)24)34-18-8-7-14(29-35(32,33)23(25,26)27)11-16(18)17-12-30(2)22(31)21-15(17)9-10-28-21/h4-8,11-12,15,21,28-29H,3,9-10H2,1-2H3. The number of nitrogens with zero attached hydrogens (tertiary/aromatic N) is 1. The number of likely N-dealkylation sites (N-methyl/N-ethyl adjacent to an activating group) is 1. The molecule has 1 fully saturated rings. The van der Waals surface area contributed by atoms with E-state index in [0.717, 1.165) is 6.07 Å². The van der Waals surface area contributed by atoms with Crippen molar-refractivity contribution < 1.29 is 35.5 Å². The summed E-state index contributed by atoms with van der Waals surface area (Å²) in [5.74, 6) is -1.06. The maximum Gasteiger partial charge on any atom is 0.516 e. The zero-order valence-electron chi connectivity index (χ0n) is 18.8. The monoisotopic (exact) mass is 513 g/mol. The van der Waals surface area contributed by atoms with E-state index in [0.29, 0.717) is 30.5 Å². The number of alkyl halides is 3. The quantitative estimate of drug-likeness (QED) is 0.565. The fourth-order valence-electron chi connectivity index (χ4n) is 4.30. The van der Waals surface area contributed by atoms with Crippen LogP contribution in [0.15, 0.2) is 42.6 Å². The maximum absolute atomic E-state index is 14.9. The van der Waals surface area contributed by atoms with Crippen LogP contribution in [0.5, 0.6) is 11.5 Å². The zero-order chi connectivity index (χ0) is 25.5. The van der Waals surface area contributed by atoms with Crippen LogP contribution in [0.25, 0.3) is 5.57 Å². The predicted molar refractivity (Wildman–Crippen MR) is 122 cm³/mol. The molecule has 2 aliphatic heterocycles. The highest BCUT2D eigenvalue weighted by atomic mass is 32.2. The summed E-state index contributed by atoms with van der Waals surface area (Å²) in [6, 6.07) is 7.67. The summed E-state index contributed by atoms with van der Waals surface area (Å²) >= 11 is 0. The lowest BCUT2D eigenvalue weighted by molar-refractivity contribution is -0.130. The van der Waals surface area contributed by atoms with E-state index in [-0.39, 0.29) is 34.6 Å². The van der Waals surface area contributed by atoms with Crippen LogP contribution in [-0.2, 0) is 21.2 Å². The number of halogens is 4. The summed E-state index contributed by atoms with van der Waals surface area (Å²) in [6.45, 7) is 2.32. The van der Waals surface area contributed by atoms with Gasteiger partial charge in [-0.2, -0.15) is 21.6 Å². The first-order valence-corrected chi connectivity index (χ1v) is 12.3. The molecule has 2 aliphatic rings. The van der Waals surface area contributed by atoms with Gasteiger partial charge in [-0.1, -0.05) is 19.1 Å². The molecule has 0 spiro atoms. The molecule has 12 heteroatoms. The van der Waals surface area contributed by atoms with E-state index in [1.165, 1.54) is 27.8 Å². The van der Waals surface area contributed by atoms with Crippen LogP contribution < -0.4 is 14.8 Å². The van der Waals surface area contributed by atoms with Crippen molar-refractivity contribution >= 4 is 27.2 Å². The number of nitrogens with one attached hydrogen (secondary N) is 2. The molecular weight excluding hydrogens is 490 g/mol. The van der Waals surface area contributed by atoms with Crippen molar-refractivity contribution in [2.75, 3.05) is 18.3 Å². The average Bonchev–Trinajstić information content (AvgIpc) is 3.28. The molecule has 0 radical (unpaired) electrons. The van der Waals surface area contributed by atoms with E-state index in [2.05, 4.69) is 5.32 Å². The summed E-state index contributed by atoms with van der Waals surface area (Å²) in [6.07, 6.45) is 2.52. The van der Waals surface area contributed by atoms with Crippen LogP contribution >= 0.6 is 0 Å². The molecule has 1 amide bonds. The highest BCUT2D eigenvalue weighted by Gasteiger charge is 2.46. The van der Waals surface area contributed by atoms with Gasteiger partial charge in [0, 0.05) is 30.4 Å². The largest absolute Gasteiger partial charge is 0.516 e. The van der Waals surface area contributed by atoms with E-state index in [1.807, 2.05) is 0 Å².